The smallest absolute Gasteiger partial charge is 0.393 e. The van der Waals surface area contributed by atoms with Crippen molar-refractivity contribution in [3.8, 4) is 0 Å². The summed E-state index contributed by atoms with van der Waals surface area (Å²) in [5.41, 5.74) is 0. The van der Waals surface area contributed by atoms with Gasteiger partial charge in [-0.3, -0.25) is 10.1 Å². The van der Waals surface area contributed by atoms with Crippen LogP contribution in [0.25, 0.3) is 0 Å². The van der Waals surface area contributed by atoms with Crippen LogP contribution < -0.4 is 5.32 Å². The molecular weight excluding hydrogens is 355 g/mol. The van der Waals surface area contributed by atoms with Crippen LogP contribution in [0.1, 0.15) is 70.6 Å². The standard InChI is InChI=1S/C18H31N2O5P/c21-16(14-8-4-3-5-9-14)11-12-20-15(17(22)19-18(20)23)10-6-1-2-7-13-26(24)25/h14-16,21H,1-13H2,(H-,19,22,23,24,25)/p+1/t15-,16?/m0/s1. The largest absolute Gasteiger partial charge is 0.505 e. The van der Waals surface area contributed by atoms with Gasteiger partial charge in [-0.15, -0.1) is 0 Å². The van der Waals surface area contributed by atoms with Gasteiger partial charge in [-0.25, -0.2) is 4.79 Å². The van der Waals surface area contributed by atoms with Crippen LogP contribution in [-0.4, -0.2) is 51.7 Å². The van der Waals surface area contributed by atoms with Crippen molar-refractivity contribution in [3.05, 3.63) is 0 Å². The Hall–Kier alpha value is -1.04. The molecule has 7 nitrogen and oxygen atoms in total. The van der Waals surface area contributed by atoms with Gasteiger partial charge in [-0.2, -0.15) is 4.89 Å². The summed E-state index contributed by atoms with van der Waals surface area (Å²) in [4.78, 5) is 34.4. The van der Waals surface area contributed by atoms with Crippen molar-refractivity contribution in [2.75, 3.05) is 12.7 Å². The molecule has 3 amide bonds. The van der Waals surface area contributed by atoms with Gasteiger partial charge in [0, 0.05) is 6.54 Å². The van der Waals surface area contributed by atoms with Crippen LogP contribution in [0.2, 0.25) is 0 Å². The summed E-state index contributed by atoms with van der Waals surface area (Å²) in [7, 11) is -2.06. The average Bonchev–Trinajstić information content (AvgIpc) is 2.89. The Balaban J connectivity index is 1.73. The Labute approximate surface area is 156 Å². The van der Waals surface area contributed by atoms with Gasteiger partial charge >= 0.3 is 14.1 Å². The number of urea groups is 1. The number of unbranched alkanes of at least 4 members (excludes halogenated alkanes) is 3. The van der Waals surface area contributed by atoms with Crippen molar-refractivity contribution < 1.29 is 24.2 Å². The van der Waals surface area contributed by atoms with Crippen LogP contribution in [0, 0.1) is 5.92 Å². The van der Waals surface area contributed by atoms with E-state index in [1.54, 1.807) is 4.90 Å². The lowest BCUT2D eigenvalue weighted by atomic mass is 9.84. The number of imide groups is 1. The van der Waals surface area contributed by atoms with E-state index in [2.05, 4.69) is 5.32 Å². The Morgan fingerprint density at radius 2 is 1.81 bits per heavy atom. The second-order valence-corrected chi connectivity index (χ2v) is 8.69. The van der Waals surface area contributed by atoms with Crippen molar-refractivity contribution in [2.45, 2.75) is 82.8 Å². The first-order valence-electron chi connectivity index (χ1n) is 9.92. The number of nitrogens with one attached hydrogen (secondary N) is 1. The number of amides is 3. The molecule has 3 atom stereocenters. The maximum Gasteiger partial charge on any atom is 0.505 e. The van der Waals surface area contributed by atoms with Crippen molar-refractivity contribution in [1.82, 2.24) is 10.2 Å². The zero-order chi connectivity index (χ0) is 18.9. The summed E-state index contributed by atoms with van der Waals surface area (Å²) < 4.78 is 10.6. The van der Waals surface area contributed by atoms with Crippen LogP contribution in [0.3, 0.4) is 0 Å². The number of aliphatic hydroxyl groups is 1. The van der Waals surface area contributed by atoms with Gasteiger partial charge < -0.3 is 10.0 Å². The van der Waals surface area contributed by atoms with Gasteiger partial charge in [0.15, 0.2) is 6.16 Å². The van der Waals surface area contributed by atoms with Crippen LogP contribution in [0.4, 0.5) is 4.79 Å². The van der Waals surface area contributed by atoms with E-state index in [0.717, 1.165) is 44.9 Å². The third kappa shape index (κ3) is 6.60. The number of hydrogen-bond acceptors (Lipinski definition) is 4. The van der Waals surface area contributed by atoms with Gasteiger partial charge in [0.2, 0.25) is 0 Å². The quantitative estimate of drug-likeness (QED) is 0.287. The molecule has 2 fully saturated rings. The molecule has 1 saturated heterocycles. The molecule has 2 unspecified atom stereocenters. The van der Waals surface area contributed by atoms with Crippen LogP contribution >= 0.6 is 8.03 Å². The van der Waals surface area contributed by atoms with Gasteiger partial charge in [0.1, 0.15) is 6.04 Å². The summed E-state index contributed by atoms with van der Waals surface area (Å²) in [6, 6.07) is -0.802. The number of carbonyl (C=O) groups is 2. The summed E-state index contributed by atoms with van der Waals surface area (Å²) >= 11 is 0. The molecule has 1 aliphatic carbocycles. The maximum atomic E-state index is 12.0. The fourth-order valence-electron chi connectivity index (χ4n) is 4.05. The first kappa shape index (κ1) is 21.3. The summed E-state index contributed by atoms with van der Waals surface area (Å²) in [6.07, 6.45) is 9.94. The summed E-state index contributed by atoms with van der Waals surface area (Å²) in [5.74, 6) is 0.0715. The Bertz CT molecular complexity index is 496. The third-order valence-corrected chi connectivity index (χ3v) is 6.31. The highest BCUT2D eigenvalue weighted by Crippen LogP contribution is 2.28. The van der Waals surface area contributed by atoms with Gasteiger partial charge in [-0.05, 0) is 49.0 Å². The minimum absolute atomic E-state index is 0.249. The SMILES string of the molecule is O=C1NC(=O)N(CCC(O)C2CCCCC2)[C@H]1CCCCCC[P+](=O)O. The molecule has 0 aromatic carbocycles. The third-order valence-electron chi connectivity index (χ3n) is 5.61. The van der Waals surface area contributed by atoms with E-state index in [0.29, 0.717) is 37.9 Å². The highest BCUT2D eigenvalue weighted by molar-refractivity contribution is 7.37. The topological polar surface area (TPSA) is 107 Å². The van der Waals surface area contributed by atoms with E-state index in [1.807, 2.05) is 0 Å². The fourth-order valence-corrected chi connectivity index (χ4v) is 4.55. The number of hydrogen-bond donors (Lipinski definition) is 3. The van der Waals surface area contributed by atoms with E-state index in [4.69, 9.17) is 4.89 Å². The maximum absolute atomic E-state index is 12.0. The minimum atomic E-state index is -2.06. The van der Waals surface area contributed by atoms with E-state index >= 15 is 0 Å². The lowest BCUT2D eigenvalue weighted by Gasteiger charge is -2.29. The van der Waals surface area contributed by atoms with Crippen molar-refractivity contribution in [2.24, 2.45) is 5.92 Å². The zero-order valence-electron chi connectivity index (χ0n) is 15.4. The molecule has 148 valence electrons. The molecule has 8 heteroatoms. The molecule has 0 radical (unpaired) electrons. The number of rotatable bonds is 11. The first-order valence-corrected chi connectivity index (χ1v) is 11.3. The molecule has 1 heterocycles. The molecule has 0 bridgehead atoms. The molecule has 0 aromatic rings. The van der Waals surface area contributed by atoms with Gasteiger partial charge in [0.05, 0.1) is 6.10 Å². The fraction of sp³-hybridized carbons (Fsp3) is 0.889. The highest BCUT2D eigenvalue weighted by Gasteiger charge is 2.38. The zero-order valence-corrected chi connectivity index (χ0v) is 16.3. The molecular formula is C18H32N2O5P+. The lowest BCUT2D eigenvalue weighted by molar-refractivity contribution is -0.121. The summed E-state index contributed by atoms with van der Waals surface area (Å²) in [5, 5.41) is 12.8. The Kier molecular flexibility index (Phi) is 8.96. The second-order valence-electron chi connectivity index (χ2n) is 7.54. The number of carbonyl (C=O) groups excluding carboxylic acids is 2. The van der Waals surface area contributed by atoms with Crippen molar-refractivity contribution in [1.29, 1.82) is 0 Å². The van der Waals surface area contributed by atoms with Crippen LogP contribution in [0.15, 0.2) is 0 Å². The average molecular weight is 387 g/mol. The summed E-state index contributed by atoms with van der Waals surface area (Å²) in [6.45, 7) is 0.408. The second kappa shape index (κ2) is 11.0. The van der Waals surface area contributed by atoms with Crippen LogP contribution in [-0.2, 0) is 9.36 Å². The molecule has 2 aliphatic rings. The first-order chi connectivity index (χ1) is 12.5. The number of aliphatic hydroxyl groups excluding tert-OH is 1. The van der Waals surface area contributed by atoms with E-state index < -0.39 is 20.2 Å². The monoisotopic (exact) mass is 387 g/mol. The lowest BCUT2D eigenvalue weighted by Crippen LogP contribution is -2.38. The molecule has 1 saturated carbocycles. The Morgan fingerprint density at radius 3 is 2.50 bits per heavy atom. The molecule has 0 spiro atoms. The minimum Gasteiger partial charge on any atom is -0.393 e. The van der Waals surface area contributed by atoms with Gasteiger partial charge in [0.25, 0.3) is 5.91 Å². The molecule has 2 rings (SSSR count). The van der Waals surface area contributed by atoms with Crippen LogP contribution in [0.5, 0.6) is 0 Å². The normalized spacial score (nSPS) is 23.2. The molecule has 26 heavy (non-hydrogen) atoms. The molecule has 1 aliphatic heterocycles. The molecule has 0 aromatic heterocycles. The van der Waals surface area contributed by atoms with E-state index in [1.165, 1.54) is 6.42 Å². The molecule has 3 N–H and O–H groups in total. The highest BCUT2D eigenvalue weighted by atomic mass is 31.1. The Morgan fingerprint density at radius 1 is 1.12 bits per heavy atom. The van der Waals surface area contributed by atoms with E-state index in [9.17, 15) is 19.3 Å². The van der Waals surface area contributed by atoms with E-state index in [-0.39, 0.29) is 11.9 Å². The predicted octanol–water partition coefficient (Wildman–Crippen LogP) is 2.92. The van der Waals surface area contributed by atoms with Gasteiger partial charge in [-0.1, -0.05) is 32.1 Å². The number of nitrogens with zero attached hydrogens (tertiary/aromatic N) is 1. The predicted molar refractivity (Wildman–Crippen MR) is 99.0 cm³/mol. The van der Waals surface area contributed by atoms with Crippen molar-refractivity contribution in [3.63, 3.8) is 0 Å². The van der Waals surface area contributed by atoms with Crippen molar-refractivity contribution >= 4 is 20.0 Å².